The lowest BCUT2D eigenvalue weighted by Gasteiger charge is -2.07. The van der Waals surface area contributed by atoms with Crippen LogP contribution in [0.15, 0.2) is 42.6 Å². The number of hydrogen-bond donors (Lipinski definition) is 1. The number of sulfone groups is 1. The van der Waals surface area contributed by atoms with Gasteiger partial charge in [0, 0.05) is 12.0 Å². The van der Waals surface area contributed by atoms with Crippen LogP contribution >= 0.6 is 0 Å². The van der Waals surface area contributed by atoms with E-state index in [0.717, 1.165) is 11.1 Å². The van der Waals surface area contributed by atoms with E-state index in [2.05, 4.69) is 16.4 Å². The molecule has 6 heteroatoms. The number of benzene rings is 1. The maximum absolute atomic E-state index is 11.5. The quantitative estimate of drug-likeness (QED) is 0.933. The molecular weight excluding hydrogens is 298 g/mol. The fourth-order valence-electron chi connectivity index (χ4n) is 2.61. The average molecular weight is 314 g/mol. The van der Waals surface area contributed by atoms with Gasteiger partial charge in [-0.05, 0) is 11.6 Å². The van der Waals surface area contributed by atoms with Crippen LogP contribution in [-0.4, -0.2) is 26.0 Å². The second kappa shape index (κ2) is 5.78. The normalized spacial score (nSPS) is 19.5. The maximum atomic E-state index is 11.5. The second-order valence-electron chi connectivity index (χ2n) is 5.40. The van der Waals surface area contributed by atoms with Crippen molar-refractivity contribution in [3.63, 3.8) is 0 Å². The molecule has 0 spiro atoms. The number of H-pyrrole nitrogens is 1. The molecule has 2 aromatic rings. The van der Waals surface area contributed by atoms with Gasteiger partial charge in [-0.15, -0.1) is 0 Å². The molecule has 1 aromatic heterocycles. The Morgan fingerprint density at radius 2 is 2.00 bits per heavy atom. The van der Waals surface area contributed by atoms with Crippen molar-refractivity contribution in [2.24, 2.45) is 0 Å². The molecule has 0 saturated carbocycles. The number of nitrogens with one attached hydrogen (secondary N) is 2. The topological polar surface area (TPSA) is 84.1 Å². The first-order valence-corrected chi connectivity index (χ1v) is 8.88. The lowest BCUT2D eigenvalue weighted by molar-refractivity contribution is -0.360. The van der Waals surface area contributed by atoms with Crippen LogP contribution in [0.3, 0.4) is 0 Å². The Morgan fingerprint density at radius 1 is 1.23 bits per heavy atom. The summed E-state index contributed by atoms with van der Waals surface area (Å²) >= 11 is 0. The van der Waals surface area contributed by atoms with Crippen molar-refractivity contribution in [2.45, 2.75) is 12.5 Å². The summed E-state index contributed by atoms with van der Waals surface area (Å²) in [5.74, 6) is 0.894. The molecule has 2 N–H and O–H groups in total. The largest absolute Gasteiger partial charge is 0.290 e. The van der Waals surface area contributed by atoms with Gasteiger partial charge in [-0.1, -0.05) is 30.3 Å². The van der Waals surface area contributed by atoms with Crippen LogP contribution in [0, 0.1) is 11.3 Å². The van der Waals surface area contributed by atoms with Crippen molar-refractivity contribution in [1.29, 1.82) is 5.26 Å². The molecule has 1 atom stereocenters. The Bertz CT molecular complexity index is 826. The fraction of sp³-hybridized carbons (Fsp3) is 0.250. The van der Waals surface area contributed by atoms with Crippen LogP contribution in [0.25, 0.3) is 11.1 Å². The Hall–Kier alpha value is -2.39. The highest BCUT2D eigenvalue weighted by Gasteiger charge is 2.32. The van der Waals surface area contributed by atoms with Gasteiger partial charge in [0.15, 0.2) is 9.84 Å². The smallest absolute Gasteiger partial charge is 0.270 e. The third-order valence-electron chi connectivity index (χ3n) is 3.75. The van der Waals surface area contributed by atoms with Gasteiger partial charge in [0.05, 0.1) is 17.7 Å². The van der Waals surface area contributed by atoms with Gasteiger partial charge in [-0.25, -0.2) is 13.4 Å². The number of aromatic nitrogens is 1. The molecule has 1 aliphatic heterocycles. The zero-order valence-corrected chi connectivity index (χ0v) is 12.7. The Labute approximate surface area is 129 Å². The van der Waals surface area contributed by atoms with E-state index in [9.17, 15) is 13.7 Å². The summed E-state index contributed by atoms with van der Waals surface area (Å²) in [6, 6.07) is 13.6. The van der Waals surface area contributed by atoms with E-state index >= 15 is 0 Å². The summed E-state index contributed by atoms with van der Waals surface area (Å²) in [7, 11) is -2.95. The van der Waals surface area contributed by atoms with Crippen LogP contribution < -0.4 is 10.3 Å². The van der Waals surface area contributed by atoms with Gasteiger partial charge in [0.1, 0.15) is 17.7 Å². The predicted octanol–water partition coefficient (Wildman–Crippen LogP) is 1.64. The van der Waals surface area contributed by atoms with Gasteiger partial charge in [0.25, 0.3) is 5.82 Å². The first-order chi connectivity index (χ1) is 10.6. The van der Waals surface area contributed by atoms with E-state index in [4.69, 9.17) is 0 Å². The molecule has 1 saturated heterocycles. The maximum Gasteiger partial charge on any atom is 0.290 e. The average Bonchev–Trinajstić information content (AvgIpc) is 2.87. The van der Waals surface area contributed by atoms with Crippen LogP contribution in [-0.2, 0) is 9.84 Å². The highest BCUT2D eigenvalue weighted by molar-refractivity contribution is 7.91. The molecule has 1 fully saturated rings. The summed E-state index contributed by atoms with van der Waals surface area (Å²) in [4.78, 5) is 3.08. The van der Waals surface area contributed by atoms with Crippen molar-refractivity contribution in [1.82, 2.24) is 0 Å². The molecule has 0 aliphatic carbocycles. The number of hydrogen-bond acceptors (Lipinski definition) is 4. The number of rotatable bonds is 3. The van der Waals surface area contributed by atoms with E-state index in [1.54, 1.807) is 6.07 Å². The zero-order valence-electron chi connectivity index (χ0n) is 11.9. The third kappa shape index (κ3) is 3.10. The van der Waals surface area contributed by atoms with E-state index in [1.165, 1.54) is 0 Å². The SMILES string of the molecule is N#Cc1cc(-c2ccccc2)c[nH+]c1N[C@@H]1CCS(=O)(=O)C1. The summed E-state index contributed by atoms with van der Waals surface area (Å²) in [6.45, 7) is 0. The van der Waals surface area contributed by atoms with E-state index in [0.29, 0.717) is 17.8 Å². The van der Waals surface area contributed by atoms with E-state index < -0.39 is 9.84 Å². The molecule has 1 aliphatic rings. The molecule has 22 heavy (non-hydrogen) atoms. The van der Waals surface area contributed by atoms with Crippen molar-refractivity contribution in [2.75, 3.05) is 16.8 Å². The summed E-state index contributed by atoms with van der Waals surface area (Å²) in [6.07, 6.45) is 2.39. The lowest BCUT2D eigenvalue weighted by Crippen LogP contribution is -2.26. The first kappa shape index (κ1) is 14.5. The molecule has 1 aromatic carbocycles. The van der Waals surface area contributed by atoms with Crippen LogP contribution in [0.5, 0.6) is 0 Å². The number of pyridine rings is 1. The highest BCUT2D eigenvalue weighted by atomic mass is 32.2. The molecule has 2 heterocycles. The Morgan fingerprint density at radius 3 is 2.64 bits per heavy atom. The first-order valence-electron chi connectivity index (χ1n) is 7.05. The van der Waals surface area contributed by atoms with Gasteiger partial charge >= 0.3 is 0 Å². The number of nitrogens with zero attached hydrogens (tertiary/aromatic N) is 1. The zero-order chi connectivity index (χ0) is 15.6. The number of anilines is 1. The van der Waals surface area contributed by atoms with Crippen molar-refractivity contribution in [3.05, 3.63) is 48.2 Å². The van der Waals surface area contributed by atoms with Crippen molar-refractivity contribution >= 4 is 15.7 Å². The Kier molecular flexibility index (Phi) is 3.82. The van der Waals surface area contributed by atoms with E-state index in [-0.39, 0.29) is 17.5 Å². The van der Waals surface area contributed by atoms with Crippen LogP contribution in [0.1, 0.15) is 12.0 Å². The van der Waals surface area contributed by atoms with Crippen molar-refractivity contribution < 1.29 is 13.4 Å². The second-order valence-corrected chi connectivity index (χ2v) is 7.63. The lowest BCUT2D eigenvalue weighted by atomic mass is 10.1. The molecule has 0 amide bonds. The Balaban J connectivity index is 1.86. The summed E-state index contributed by atoms with van der Waals surface area (Å²) in [5.41, 5.74) is 2.41. The standard InChI is InChI=1S/C16H15N3O2S/c17-9-13-8-14(12-4-2-1-3-5-12)10-18-16(13)19-15-6-7-22(20,21)11-15/h1-5,8,10,15H,6-7,11H2,(H,18,19)/p+1/t15-/m1/s1. The third-order valence-corrected chi connectivity index (χ3v) is 5.52. The summed E-state index contributed by atoms with van der Waals surface area (Å²) in [5, 5.41) is 12.5. The predicted molar refractivity (Wildman–Crippen MR) is 83.8 cm³/mol. The van der Waals surface area contributed by atoms with Gasteiger partial charge < -0.3 is 0 Å². The highest BCUT2D eigenvalue weighted by Crippen LogP contribution is 2.22. The number of aromatic amines is 1. The number of nitriles is 1. The molecular formula is C16H16N3O2S+. The molecule has 0 radical (unpaired) electrons. The van der Waals surface area contributed by atoms with Gasteiger partial charge in [-0.2, -0.15) is 5.26 Å². The van der Waals surface area contributed by atoms with Crippen molar-refractivity contribution in [3.8, 4) is 17.2 Å². The molecule has 0 bridgehead atoms. The fourth-order valence-corrected chi connectivity index (χ4v) is 4.29. The molecule has 5 nitrogen and oxygen atoms in total. The minimum Gasteiger partial charge on any atom is -0.270 e. The molecule has 0 unspecified atom stereocenters. The minimum absolute atomic E-state index is 0.117. The van der Waals surface area contributed by atoms with Gasteiger partial charge in [-0.3, -0.25) is 5.32 Å². The minimum atomic E-state index is -2.95. The van der Waals surface area contributed by atoms with Crippen LogP contribution in [0.4, 0.5) is 5.82 Å². The van der Waals surface area contributed by atoms with Crippen LogP contribution in [0.2, 0.25) is 0 Å². The molecule has 112 valence electrons. The summed E-state index contributed by atoms with van der Waals surface area (Å²) < 4.78 is 23.0. The van der Waals surface area contributed by atoms with Gasteiger partial charge in [0.2, 0.25) is 0 Å². The molecule has 3 rings (SSSR count). The van der Waals surface area contributed by atoms with E-state index in [1.807, 2.05) is 36.5 Å². The monoisotopic (exact) mass is 314 g/mol.